The van der Waals surface area contributed by atoms with E-state index in [1.165, 1.54) is 18.7 Å². The quantitative estimate of drug-likeness (QED) is 0.645. The van der Waals surface area contributed by atoms with Crippen molar-refractivity contribution in [2.75, 3.05) is 7.11 Å². The van der Waals surface area contributed by atoms with Crippen LogP contribution in [0.4, 0.5) is 0 Å². The molecule has 0 N–H and O–H groups in total. The lowest BCUT2D eigenvalue weighted by Crippen LogP contribution is -2.41. The molecule has 3 heterocycles. The molecule has 0 aliphatic rings. The molecule has 0 aliphatic heterocycles. The fourth-order valence-electron chi connectivity index (χ4n) is 3.09. The number of carbonyl (C=O) groups excluding carboxylic acids is 1. The second kappa shape index (κ2) is 5.91. The standard InChI is InChI=1S/C16H21N5O4/c1-6-9(2)21-10(3)7-19-12-13(17-15(19)21)18(4)16(24)20(14(12)23)8-11(22)25-5/h7,9H,6,8H2,1-5H3/t9-/m0/s1. The van der Waals surface area contributed by atoms with Crippen LogP contribution in [-0.4, -0.2) is 36.2 Å². The Morgan fingerprint density at radius 1 is 1.36 bits per heavy atom. The van der Waals surface area contributed by atoms with Crippen molar-refractivity contribution in [2.24, 2.45) is 7.05 Å². The van der Waals surface area contributed by atoms with E-state index < -0.39 is 23.8 Å². The maximum atomic E-state index is 12.9. The van der Waals surface area contributed by atoms with Crippen LogP contribution in [0.25, 0.3) is 16.9 Å². The smallest absolute Gasteiger partial charge is 0.333 e. The van der Waals surface area contributed by atoms with Crippen LogP contribution in [0, 0.1) is 6.92 Å². The van der Waals surface area contributed by atoms with Crippen LogP contribution in [-0.2, 0) is 23.1 Å². The van der Waals surface area contributed by atoms with E-state index in [1.807, 2.05) is 17.7 Å². The highest BCUT2D eigenvalue weighted by Gasteiger charge is 2.22. The van der Waals surface area contributed by atoms with E-state index >= 15 is 0 Å². The van der Waals surface area contributed by atoms with Crippen LogP contribution in [0.3, 0.4) is 0 Å². The number of ether oxygens (including phenoxy) is 1. The summed E-state index contributed by atoms with van der Waals surface area (Å²) in [6.45, 7) is 5.65. The number of fused-ring (bicyclic) bond motifs is 3. The molecule has 0 amide bonds. The molecule has 0 saturated carbocycles. The summed E-state index contributed by atoms with van der Waals surface area (Å²) >= 11 is 0. The second-order valence-corrected chi connectivity index (χ2v) is 6.16. The molecule has 0 radical (unpaired) electrons. The van der Waals surface area contributed by atoms with Crippen LogP contribution in [0.5, 0.6) is 0 Å². The zero-order chi connectivity index (χ0) is 18.5. The Morgan fingerprint density at radius 3 is 2.64 bits per heavy atom. The van der Waals surface area contributed by atoms with Crippen molar-refractivity contribution < 1.29 is 9.53 Å². The monoisotopic (exact) mass is 347 g/mol. The van der Waals surface area contributed by atoms with Gasteiger partial charge in [0.1, 0.15) is 6.54 Å². The van der Waals surface area contributed by atoms with Crippen LogP contribution in [0.1, 0.15) is 32.0 Å². The van der Waals surface area contributed by atoms with Crippen LogP contribution in [0.15, 0.2) is 15.8 Å². The molecule has 9 nitrogen and oxygen atoms in total. The van der Waals surface area contributed by atoms with Gasteiger partial charge in [0, 0.05) is 25.0 Å². The molecule has 0 unspecified atom stereocenters. The van der Waals surface area contributed by atoms with E-state index in [1.54, 1.807) is 4.40 Å². The minimum Gasteiger partial charge on any atom is -0.468 e. The topological polar surface area (TPSA) is 92.5 Å². The molecule has 0 saturated heterocycles. The molecule has 134 valence electrons. The van der Waals surface area contributed by atoms with E-state index in [0.29, 0.717) is 11.4 Å². The third-order valence-corrected chi connectivity index (χ3v) is 4.62. The lowest BCUT2D eigenvalue weighted by atomic mass is 10.2. The third-order valence-electron chi connectivity index (χ3n) is 4.62. The van der Waals surface area contributed by atoms with Crippen molar-refractivity contribution in [3.63, 3.8) is 0 Å². The summed E-state index contributed by atoms with van der Waals surface area (Å²) in [6.07, 6.45) is 2.73. The molecule has 25 heavy (non-hydrogen) atoms. The van der Waals surface area contributed by atoms with Gasteiger partial charge in [-0.15, -0.1) is 0 Å². The molecule has 0 spiro atoms. The zero-order valence-corrected chi connectivity index (χ0v) is 14.9. The number of esters is 1. The van der Waals surface area contributed by atoms with Gasteiger partial charge in [-0.2, -0.15) is 4.98 Å². The summed E-state index contributed by atoms with van der Waals surface area (Å²) in [6, 6.07) is 0.198. The van der Waals surface area contributed by atoms with Crippen LogP contribution in [0.2, 0.25) is 0 Å². The first-order valence-corrected chi connectivity index (χ1v) is 8.08. The first-order valence-electron chi connectivity index (χ1n) is 8.08. The Balaban J connectivity index is 2.42. The van der Waals surface area contributed by atoms with Crippen molar-refractivity contribution in [1.82, 2.24) is 23.1 Å². The normalized spacial score (nSPS) is 12.8. The van der Waals surface area contributed by atoms with Crippen molar-refractivity contribution >= 4 is 22.9 Å². The van der Waals surface area contributed by atoms with Gasteiger partial charge in [-0.05, 0) is 20.3 Å². The highest BCUT2D eigenvalue weighted by atomic mass is 16.5. The van der Waals surface area contributed by atoms with Gasteiger partial charge in [-0.3, -0.25) is 18.6 Å². The fraction of sp³-hybridized carbons (Fsp3) is 0.500. The van der Waals surface area contributed by atoms with Crippen molar-refractivity contribution in [3.05, 3.63) is 32.7 Å². The number of aromatic nitrogens is 5. The Bertz CT molecular complexity index is 1100. The average molecular weight is 347 g/mol. The van der Waals surface area contributed by atoms with Crippen molar-refractivity contribution in [1.29, 1.82) is 0 Å². The van der Waals surface area contributed by atoms with Gasteiger partial charge in [0.05, 0.1) is 7.11 Å². The van der Waals surface area contributed by atoms with Crippen molar-refractivity contribution in [2.45, 2.75) is 39.8 Å². The molecule has 3 aromatic heterocycles. The summed E-state index contributed by atoms with van der Waals surface area (Å²) in [5.41, 5.74) is 0.369. The summed E-state index contributed by atoms with van der Waals surface area (Å²) in [5, 5.41) is 0. The van der Waals surface area contributed by atoms with E-state index in [2.05, 4.69) is 23.6 Å². The van der Waals surface area contributed by atoms with Gasteiger partial charge in [-0.25, -0.2) is 9.36 Å². The molecular formula is C16H21N5O4. The zero-order valence-electron chi connectivity index (χ0n) is 14.9. The van der Waals surface area contributed by atoms with Crippen molar-refractivity contribution in [3.8, 4) is 0 Å². The number of carbonyl (C=O) groups is 1. The molecule has 0 aromatic carbocycles. The third kappa shape index (κ3) is 2.38. The molecule has 3 rings (SSSR count). The van der Waals surface area contributed by atoms with E-state index in [0.717, 1.165) is 16.7 Å². The van der Waals surface area contributed by atoms with E-state index in [-0.39, 0.29) is 11.6 Å². The van der Waals surface area contributed by atoms with Gasteiger partial charge in [0.2, 0.25) is 5.78 Å². The Hall–Kier alpha value is -2.84. The maximum Gasteiger partial charge on any atom is 0.333 e. The van der Waals surface area contributed by atoms with Gasteiger partial charge in [0.25, 0.3) is 5.56 Å². The minimum atomic E-state index is -0.660. The molecule has 0 bridgehead atoms. The highest BCUT2D eigenvalue weighted by molar-refractivity contribution is 5.76. The number of imidazole rings is 2. The Morgan fingerprint density at radius 2 is 2.04 bits per heavy atom. The van der Waals surface area contributed by atoms with Gasteiger partial charge >= 0.3 is 11.7 Å². The van der Waals surface area contributed by atoms with Gasteiger partial charge < -0.3 is 9.30 Å². The van der Waals surface area contributed by atoms with Crippen LogP contribution < -0.4 is 11.2 Å². The number of nitrogens with zero attached hydrogens (tertiary/aromatic N) is 5. The first-order chi connectivity index (χ1) is 11.8. The molecule has 0 fully saturated rings. The Labute approximate surface area is 143 Å². The SMILES string of the molecule is CC[C@H](C)n1c(C)cn2c3c(=O)n(CC(=O)OC)c(=O)n(C)c3nc12. The van der Waals surface area contributed by atoms with Gasteiger partial charge in [0.15, 0.2) is 11.2 Å². The predicted molar refractivity (Wildman–Crippen MR) is 91.9 cm³/mol. The summed E-state index contributed by atoms with van der Waals surface area (Å²) in [5.74, 6) is -0.0579. The lowest BCUT2D eigenvalue weighted by molar-refractivity contribution is -0.141. The highest BCUT2D eigenvalue weighted by Crippen LogP contribution is 2.22. The summed E-state index contributed by atoms with van der Waals surface area (Å²) in [4.78, 5) is 41.4. The largest absolute Gasteiger partial charge is 0.468 e. The molecular weight excluding hydrogens is 326 g/mol. The average Bonchev–Trinajstić information content (AvgIpc) is 3.10. The summed E-state index contributed by atoms with van der Waals surface area (Å²) < 4.78 is 10.5. The molecule has 9 heteroatoms. The number of aryl methyl sites for hydroxylation is 2. The fourth-order valence-corrected chi connectivity index (χ4v) is 3.09. The summed E-state index contributed by atoms with van der Waals surface area (Å²) in [7, 11) is 2.74. The number of methoxy groups -OCH3 is 1. The molecule has 1 atom stereocenters. The number of rotatable bonds is 4. The predicted octanol–water partition coefficient (Wildman–Crippen LogP) is 0.602. The van der Waals surface area contributed by atoms with E-state index in [4.69, 9.17) is 0 Å². The minimum absolute atomic E-state index is 0.198. The lowest BCUT2D eigenvalue weighted by Gasteiger charge is -2.12. The molecule has 3 aromatic rings. The van der Waals surface area contributed by atoms with E-state index in [9.17, 15) is 14.4 Å². The van der Waals surface area contributed by atoms with Gasteiger partial charge in [-0.1, -0.05) is 6.92 Å². The second-order valence-electron chi connectivity index (χ2n) is 6.16. The Kier molecular flexibility index (Phi) is 4.02. The first kappa shape index (κ1) is 17.0. The number of hydrogen-bond acceptors (Lipinski definition) is 5. The maximum absolute atomic E-state index is 12.9. The number of hydrogen-bond donors (Lipinski definition) is 0. The molecule has 0 aliphatic carbocycles. The van der Waals surface area contributed by atoms with Crippen LogP contribution >= 0.6 is 0 Å².